The van der Waals surface area contributed by atoms with Crippen molar-refractivity contribution in [2.75, 3.05) is 18.0 Å². The molecule has 2 aliphatic heterocycles. The minimum atomic E-state index is -1.31. The second kappa shape index (κ2) is 7.58. The number of nitrogens with one attached hydrogen (secondary N) is 1. The molecule has 1 N–H and O–H groups in total. The van der Waals surface area contributed by atoms with E-state index in [9.17, 15) is 19.1 Å². The third-order valence-corrected chi connectivity index (χ3v) is 7.72. The Morgan fingerprint density at radius 1 is 1.03 bits per heavy atom. The Labute approximate surface area is 191 Å². The minimum absolute atomic E-state index is 0.135. The molecule has 0 radical (unpaired) electrons. The van der Waals surface area contributed by atoms with E-state index in [1.807, 2.05) is 24.3 Å². The molecule has 6 rings (SSSR count). The molecular formula is C27H24FN2O3-. The summed E-state index contributed by atoms with van der Waals surface area (Å²) in [6, 6.07) is 10.9. The van der Waals surface area contributed by atoms with Crippen LogP contribution in [0.4, 0.5) is 10.1 Å². The fourth-order valence-corrected chi connectivity index (χ4v) is 6.40. The van der Waals surface area contributed by atoms with Gasteiger partial charge in [-0.25, -0.2) is 4.39 Å². The number of hydrogen-bond donors (Lipinski definition) is 1. The largest absolute Gasteiger partial charge is 0.548 e. The van der Waals surface area contributed by atoms with E-state index in [0.717, 1.165) is 36.1 Å². The quantitative estimate of drug-likeness (QED) is 0.737. The van der Waals surface area contributed by atoms with Gasteiger partial charge in [0.05, 0.1) is 18.6 Å². The van der Waals surface area contributed by atoms with Crippen LogP contribution in [0.5, 0.6) is 0 Å². The van der Waals surface area contributed by atoms with Crippen LogP contribution in [0.15, 0.2) is 60.7 Å². The van der Waals surface area contributed by atoms with Crippen molar-refractivity contribution in [3.05, 3.63) is 88.8 Å². The van der Waals surface area contributed by atoms with Crippen LogP contribution in [0.25, 0.3) is 0 Å². The molecule has 0 saturated heterocycles. The Morgan fingerprint density at radius 3 is 2.48 bits per heavy atom. The van der Waals surface area contributed by atoms with Gasteiger partial charge in [0.25, 0.3) is 5.91 Å². The van der Waals surface area contributed by atoms with E-state index in [0.29, 0.717) is 17.4 Å². The summed E-state index contributed by atoms with van der Waals surface area (Å²) in [7, 11) is 0. The molecule has 2 heterocycles. The zero-order valence-corrected chi connectivity index (χ0v) is 18.0. The van der Waals surface area contributed by atoms with E-state index < -0.39 is 18.4 Å². The molecule has 33 heavy (non-hydrogen) atoms. The molecule has 6 heteroatoms. The first-order valence-electron chi connectivity index (χ1n) is 11.5. The lowest BCUT2D eigenvalue weighted by molar-refractivity contribution is -0.303. The van der Waals surface area contributed by atoms with Crippen molar-refractivity contribution in [3.8, 4) is 0 Å². The number of carboxylic acids is 1. The number of allylic oxidation sites excluding steroid dienone is 4. The Balaban J connectivity index is 1.51. The summed E-state index contributed by atoms with van der Waals surface area (Å²) in [5.74, 6) is -0.839. The summed E-state index contributed by atoms with van der Waals surface area (Å²) >= 11 is 0. The number of carboxylic acid groups (broad SMARTS) is 1. The van der Waals surface area contributed by atoms with Crippen LogP contribution in [0.2, 0.25) is 0 Å². The number of rotatable bonds is 4. The number of halogens is 1. The summed E-state index contributed by atoms with van der Waals surface area (Å²) in [5.41, 5.74) is 5.04. The average Bonchev–Trinajstić information content (AvgIpc) is 3.48. The molecule has 2 aliphatic carbocycles. The topological polar surface area (TPSA) is 72.5 Å². The second-order valence-corrected chi connectivity index (χ2v) is 9.51. The van der Waals surface area contributed by atoms with E-state index in [4.69, 9.17) is 0 Å². The van der Waals surface area contributed by atoms with Crippen LogP contribution in [-0.2, 0) is 4.79 Å². The number of benzene rings is 2. The van der Waals surface area contributed by atoms with Crippen LogP contribution in [0.1, 0.15) is 57.8 Å². The number of carbonyl (C=O) groups is 2. The maximum Gasteiger partial charge on any atom is 0.251 e. The van der Waals surface area contributed by atoms with Gasteiger partial charge in [-0.15, -0.1) is 0 Å². The minimum Gasteiger partial charge on any atom is -0.548 e. The molecular weight excluding hydrogens is 419 g/mol. The van der Waals surface area contributed by atoms with E-state index >= 15 is 0 Å². The highest BCUT2D eigenvalue weighted by molar-refractivity contribution is 5.97. The second-order valence-electron chi connectivity index (χ2n) is 9.51. The first kappa shape index (κ1) is 20.2. The Kier molecular flexibility index (Phi) is 4.64. The van der Waals surface area contributed by atoms with Crippen LogP contribution in [0.3, 0.4) is 0 Å². The van der Waals surface area contributed by atoms with E-state index in [2.05, 4.69) is 34.5 Å². The zero-order valence-electron chi connectivity index (χ0n) is 18.0. The van der Waals surface area contributed by atoms with Crippen molar-refractivity contribution >= 4 is 17.6 Å². The highest BCUT2D eigenvalue weighted by Crippen LogP contribution is 2.58. The summed E-state index contributed by atoms with van der Waals surface area (Å²) in [5, 5.41) is 13.3. The molecule has 1 amide bonds. The van der Waals surface area contributed by atoms with E-state index in [-0.39, 0.29) is 23.7 Å². The first-order chi connectivity index (χ1) is 16.0. The molecule has 0 unspecified atom stereocenters. The van der Waals surface area contributed by atoms with Gasteiger partial charge in [-0.05, 0) is 65.6 Å². The van der Waals surface area contributed by atoms with E-state index in [1.54, 1.807) is 0 Å². The summed E-state index contributed by atoms with van der Waals surface area (Å²) in [6.45, 7) is 0.404. The summed E-state index contributed by atoms with van der Waals surface area (Å²) < 4.78 is 13.7. The Bertz CT molecular complexity index is 1190. The molecule has 2 aromatic carbocycles. The van der Waals surface area contributed by atoms with Gasteiger partial charge in [-0.1, -0.05) is 36.4 Å². The van der Waals surface area contributed by atoms with Crippen molar-refractivity contribution in [1.82, 2.24) is 5.32 Å². The Hall–Kier alpha value is -3.41. The molecule has 0 fully saturated rings. The molecule has 0 spiro atoms. The predicted octanol–water partition coefficient (Wildman–Crippen LogP) is 3.20. The van der Waals surface area contributed by atoms with Crippen LogP contribution < -0.4 is 15.3 Å². The fourth-order valence-electron chi connectivity index (χ4n) is 6.40. The van der Waals surface area contributed by atoms with Crippen molar-refractivity contribution < 1.29 is 19.1 Å². The standard InChI is InChI=1S/C27H25FN2O3/c28-18-9-7-15(8-10-18)25-21-6-2-5-20(21)23-12-17(27(33)29-13-24(31)32)11-22-19-4-1-3-16(19)14-30(25)26(22)23/h1-2,4-5,7-12,16,19-21,25H,3,6,13-14H2,(H,29,33)(H,31,32)/p-1/t16-,19+,20+,21+,25+/m1/s1. The van der Waals surface area contributed by atoms with Gasteiger partial charge in [-0.2, -0.15) is 0 Å². The highest BCUT2D eigenvalue weighted by atomic mass is 19.1. The molecule has 0 saturated carbocycles. The number of hydrogen-bond acceptors (Lipinski definition) is 4. The monoisotopic (exact) mass is 443 g/mol. The molecule has 0 bridgehead atoms. The van der Waals surface area contributed by atoms with Crippen LogP contribution in [-0.4, -0.2) is 25.0 Å². The lowest BCUT2D eigenvalue weighted by atomic mass is 9.70. The summed E-state index contributed by atoms with van der Waals surface area (Å²) in [6.07, 6.45) is 10.8. The Morgan fingerprint density at radius 2 is 1.73 bits per heavy atom. The average molecular weight is 443 g/mol. The van der Waals surface area contributed by atoms with Gasteiger partial charge < -0.3 is 20.1 Å². The van der Waals surface area contributed by atoms with Gasteiger partial charge in [-0.3, -0.25) is 4.79 Å². The van der Waals surface area contributed by atoms with Crippen LogP contribution in [0, 0.1) is 17.7 Å². The van der Waals surface area contributed by atoms with Crippen molar-refractivity contribution in [2.45, 2.75) is 30.7 Å². The maximum absolute atomic E-state index is 13.7. The molecule has 5 nitrogen and oxygen atoms in total. The lowest BCUT2D eigenvalue weighted by Gasteiger charge is -2.51. The lowest BCUT2D eigenvalue weighted by Crippen LogP contribution is -2.46. The first-order valence-corrected chi connectivity index (χ1v) is 11.5. The maximum atomic E-state index is 13.7. The summed E-state index contributed by atoms with van der Waals surface area (Å²) in [4.78, 5) is 26.2. The third-order valence-electron chi connectivity index (χ3n) is 7.72. The normalized spacial score (nSPS) is 28.3. The highest BCUT2D eigenvalue weighted by Gasteiger charge is 2.48. The number of aliphatic carboxylic acids is 1. The smallest absolute Gasteiger partial charge is 0.251 e. The third kappa shape index (κ3) is 3.19. The number of nitrogens with zero attached hydrogens (tertiary/aromatic N) is 1. The fraction of sp³-hybridized carbons (Fsp3) is 0.333. The van der Waals surface area contributed by atoms with Crippen LogP contribution >= 0.6 is 0 Å². The van der Waals surface area contributed by atoms with E-state index in [1.165, 1.54) is 17.8 Å². The SMILES string of the molecule is O=C([O-])CNC(=O)c1cc2c3c(c1)[C@H]1C=CC[C@@H]1[C@H](c1ccc(F)cc1)N3C[C@H]1CC=C[C@H]21. The van der Waals surface area contributed by atoms with Gasteiger partial charge in [0.1, 0.15) is 5.82 Å². The molecule has 4 aliphatic rings. The van der Waals surface area contributed by atoms with Crippen molar-refractivity contribution in [3.63, 3.8) is 0 Å². The number of fused-ring (bicyclic) bond motifs is 4. The van der Waals surface area contributed by atoms with Gasteiger partial charge in [0.15, 0.2) is 0 Å². The van der Waals surface area contributed by atoms with Gasteiger partial charge in [0.2, 0.25) is 0 Å². The zero-order chi connectivity index (χ0) is 22.7. The van der Waals surface area contributed by atoms with Gasteiger partial charge in [0, 0.05) is 29.6 Å². The van der Waals surface area contributed by atoms with Crippen molar-refractivity contribution in [1.29, 1.82) is 0 Å². The predicted molar refractivity (Wildman–Crippen MR) is 120 cm³/mol. The number of amides is 1. The number of carbonyl (C=O) groups excluding carboxylic acids is 2. The van der Waals surface area contributed by atoms with Gasteiger partial charge >= 0.3 is 0 Å². The molecule has 5 atom stereocenters. The number of anilines is 1. The molecule has 0 aromatic heterocycles. The molecule has 2 aromatic rings. The molecule has 168 valence electrons. The van der Waals surface area contributed by atoms with Crippen molar-refractivity contribution in [2.24, 2.45) is 11.8 Å².